The molecular weight excluding hydrogens is 256 g/mol. The summed E-state index contributed by atoms with van der Waals surface area (Å²) in [6, 6.07) is 0. The highest BCUT2D eigenvalue weighted by Gasteiger charge is 2.40. The molecule has 2 atom stereocenters. The summed E-state index contributed by atoms with van der Waals surface area (Å²) in [5, 5.41) is 0. The molecule has 0 aromatic carbocycles. The van der Waals surface area contributed by atoms with Gasteiger partial charge in [-0.25, -0.2) is 0 Å². The van der Waals surface area contributed by atoms with E-state index in [9.17, 15) is 0 Å². The van der Waals surface area contributed by atoms with E-state index >= 15 is 0 Å². The Morgan fingerprint density at radius 3 is 1.90 bits per heavy atom. The van der Waals surface area contributed by atoms with Crippen molar-refractivity contribution < 1.29 is 4.74 Å². The first-order valence-corrected chi connectivity index (χ1v) is 9.74. The van der Waals surface area contributed by atoms with Crippen LogP contribution in [0.4, 0.5) is 0 Å². The van der Waals surface area contributed by atoms with Crippen LogP contribution in [0.25, 0.3) is 0 Å². The highest BCUT2D eigenvalue weighted by molar-refractivity contribution is 4.91. The van der Waals surface area contributed by atoms with Gasteiger partial charge in [-0.2, -0.15) is 0 Å². The molecule has 0 bridgehead atoms. The molecule has 0 aliphatic heterocycles. The average molecular weight is 301 g/mol. The standard InChI is InChI=1S/C16H32O.2C2H6/c1-5-7-11-14(6-2)16(3,17-4)15-12-9-8-10-13-15;2*1-2/h14-15H,5-13H2,1-4H3;2*1-2H3. The Morgan fingerprint density at radius 1 is 1.00 bits per heavy atom. The number of methoxy groups -OCH3 is 1. The fourth-order valence-electron chi connectivity index (χ4n) is 3.69. The molecule has 0 spiro atoms. The van der Waals surface area contributed by atoms with Crippen LogP contribution in [-0.4, -0.2) is 12.7 Å². The van der Waals surface area contributed by atoms with Crippen molar-refractivity contribution in [1.29, 1.82) is 0 Å². The van der Waals surface area contributed by atoms with Gasteiger partial charge in [0.2, 0.25) is 0 Å². The molecule has 21 heavy (non-hydrogen) atoms. The largest absolute Gasteiger partial charge is 0.378 e. The first-order chi connectivity index (χ1) is 10.2. The van der Waals surface area contributed by atoms with Crippen LogP contribution in [0, 0.1) is 11.8 Å². The average Bonchev–Trinajstić information content (AvgIpc) is 2.59. The third-order valence-electron chi connectivity index (χ3n) is 5.07. The Labute approximate surface area is 136 Å². The van der Waals surface area contributed by atoms with Crippen molar-refractivity contribution in [2.75, 3.05) is 7.11 Å². The number of hydrogen-bond donors (Lipinski definition) is 0. The van der Waals surface area contributed by atoms with Gasteiger partial charge in [-0.3, -0.25) is 0 Å². The minimum atomic E-state index is 0.129. The van der Waals surface area contributed by atoms with Gasteiger partial charge in [0.25, 0.3) is 0 Å². The van der Waals surface area contributed by atoms with E-state index in [-0.39, 0.29) is 5.60 Å². The van der Waals surface area contributed by atoms with Crippen molar-refractivity contribution in [3.05, 3.63) is 0 Å². The second kappa shape index (κ2) is 14.9. The van der Waals surface area contributed by atoms with Gasteiger partial charge in [0, 0.05) is 7.11 Å². The van der Waals surface area contributed by atoms with Gasteiger partial charge in [0.15, 0.2) is 0 Å². The Kier molecular flexibility index (Phi) is 16.5. The van der Waals surface area contributed by atoms with Crippen molar-refractivity contribution in [2.24, 2.45) is 11.8 Å². The number of unbranched alkanes of at least 4 members (excludes halogenated alkanes) is 1. The Bertz CT molecular complexity index is 196. The van der Waals surface area contributed by atoms with Crippen LogP contribution in [0.1, 0.15) is 106 Å². The predicted molar refractivity (Wildman–Crippen MR) is 98.0 cm³/mol. The van der Waals surface area contributed by atoms with Gasteiger partial charge in [-0.15, -0.1) is 0 Å². The first kappa shape index (κ1) is 23.2. The molecule has 0 saturated heterocycles. The van der Waals surface area contributed by atoms with Gasteiger partial charge < -0.3 is 4.74 Å². The van der Waals surface area contributed by atoms with E-state index in [1.165, 1.54) is 57.8 Å². The van der Waals surface area contributed by atoms with Crippen LogP contribution in [0.2, 0.25) is 0 Å². The Morgan fingerprint density at radius 2 is 1.52 bits per heavy atom. The summed E-state index contributed by atoms with van der Waals surface area (Å²) >= 11 is 0. The molecule has 1 saturated carbocycles. The third kappa shape index (κ3) is 7.68. The molecule has 2 unspecified atom stereocenters. The van der Waals surface area contributed by atoms with Crippen molar-refractivity contribution in [3.8, 4) is 0 Å². The lowest BCUT2D eigenvalue weighted by Crippen LogP contribution is -2.45. The van der Waals surface area contributed by atoms with Crippen molar-refractivity contribution >= 4 is 0 Å². The second-order valence-electron chi connectivity index (χ2n) is 5.97. The Hall–Kier alpha value is -0.0400. The lowest BCUT2D eigenvalue weighted by Gasteiger charge is -2.44. The quantitative estimate of drug-likeness (QED) is 0.481. The molecule has 1 aliphatic carbocycles. The van der Waals surface area contributed by atoms with Gasteiger partial charge in [-0.05, 0) is 38.0 Å². The molecule has 1 heteroatoms. The lowest BCUT2D eigenvalue weighted by molar-refractivity contribution is -0.102. The maximum Gasteiger partial charge on any atom is 0.0706 e. The van der Waals surface area contributed by atoms with Crippen molar-refractivity contribution in [3.63, 3.8) is 0 Å². The van der Waals surface area contributed by atoms with Crippen LogP contribution in [0.5, 0.6) is 0 Å². The van der Waals surface area contributed by atoms with Crippen molar-refractivity contribution in [2.45, 2.75) is 112 Å². The maximum atomic E-state index is 6.03. The molecule has 0 N–H and O–H groups in total. The van der Waals surface area contributed by atoms with Gasteiger partial charge in [0.05, 0.1) is 5.60 Å². The molecule has 0 aromatic rings. The smallest absolute Gasteiger partial charge is 0.0706 e. The van der Waals surface area contributed by atoms with Gasteiger partial charge in [0.1, 0.15) is 0 Å². The highest BCUT2D eigenvalue weighted by atomic mass is 16.5. The van der Waals surface area contributed by atoms with E-state index < -0.39 is 0 Å². The zero-order valence-corrected chi connectivity index (χ0v) is 16.4. The minimum Gasteiger partial charge on any atom is -0.378 e. The summed E-state index contributed by atoms with van der Waals surface area (Å²) in [7, 11) is 1.93. The fraction of sp³-hybridized carbons (Fsp3) is 1.00. The maximum absolute atomic E-state index is 6.03. The monoisotopic (exact) mass is 300 g/mol. The lowest BCUT2D eigenvalue weighted by atomic mass is 9.69. The first-order valence-electron chi connectivity index (χ1n) is 9.74. The number of rotatable bonds is 7. The van der Waals surface area contributed by atoms with Crippen LogP contribution < -0.4 is 0 Å². The summed E-state index contributed by atoms with van der Waals surface area (Å²) < 4.78 is 6.03. The van der Waals surface area contributed by atoms with Crippen LogP contribution in [0.3, 0.4) is 0 Å². The predicted octanol–water partition coefficient (Wildman–Crippen LogP) is 7.24. The summed E-state index contributed by atoms with van der Waals surface area (Å²) in [4.78, 5) is 0. The van der Waals surface area contributed by atoms with Gasteiger partial charge in [-0.1, -0.05) is 80.1 Å². The molecule has 0 radical (unpaired) electrons. The Balaban J connectivity index is 0. The topological polar surface area (TPSA) is 9.23 Å². The zero-order valence-electron chi connectivity index (χ0n) is 16.4. The van der Waals surface area contributed by atoms with E-state index in [4.69, 9.17) is 4.74 Å². The van der Waals surface area contributed by atoms with E-state index in [0.29, 0.717) is 0 Å². The molecule has 1 aliphatic rings. The van der Waals surface area contributed by atoms with Crippen LogP contribution in [-0.2, 0) is 4.74 Å². The molecule has 1 fully saturated rings. The number of hydrogen-bond acceptors (Lipinski definition) is 1. The van der Waals surface area contributed by atoms with E-state index in [1.807, 2.05) is 34.8 Å². The molecular formula is C20H44O. The van der Waals surface area contributed by atoms with Gasteiger partial charge >= 0.3 is 0 Å². The highest BCUT2D eigenvalue weighted by Crippen LogP contribution is 2.42. The summed E-state index contributed by atoms with van der Waals surface area (Å²) in [6.07, 6.45) is 12.3. The van der Waals surface area contributed by atoms with Crippen LogP contribution >= 0.6 is 0 Å². The third-order valence-corrected chi connectivity index (χ3v) is 5.07. The molecule has 0 heterocycles. The molecule has 1 rings (SSSR count). The zero-order chi connectivity index (χ0) is 16.7. The summed E-state index contributed by atoms with van der Waals surface area (Å²) in [5.41, 5.74) is 0.129. The van der Waals surface area contributed by atoms with E-state index in [0.717, 1.165) is 11.8 Å². The molecule has 130 valence electrons. The number of ether oxygens (including phenoxy) is 1. The molecule has 1 nitrogen and oxygen atoms in total. The normalized spacial score (nSPS) is 19.4. The van der Waals surface area contributed by atoms with Crippen LogP contribution in [0.15, 0.2) is 0 Å². The molecule has 0 amide bonds. The van der Waals surface area contributed by atoms with Crippen molar-refractivity contribution in [1.82, 2.24) is 0 Å². The summed E-state index contributed by atoms with van der Waals surface area (Å²) in [6.45, 7) is 15.0. The summed E-state index contributed by atoms with van der Waals surface area (Å²) in [5.74, 6) is 1.54. The van der Waals surface area contributed by atoms with E-state index in [2.05, 4.69) is 20.8 Å². The molecule has 0 aromatic heterocycles. The fourth-order valence-corrected chi connectivity index (χ4v) is 3.69. The second-order valence-corrected chi connectivity index (χ2v) is 5.97. The van der Waals surface area contributed by atoms with E-state index in [1.54, 1.807) is 0 Å². The minimum absolute atomic E-state index is 0.129. The SMILES string of the molecule is CC.CC.CCCCC(CC)C(C)(OC)C1CCCCC1.